The van der Waals surface area contributed by atoms with Gasteiger partial charge in [-0.3, -0.25) is 19.4 Å². The summed E-state index contributed by atoms with van der Waals surface area (Å²) in [4.78, 5) is 62.2. The molecule has 312 valence electrons. The lowest BCUT2D eigenvalue weighted by atomic mass is 9.82. The summed E-state index contributed by atoms with van der Waals surface area (Å²) in [7, 11) is -0.985. The van der Waals surface area contributed by atoms with Gasteiger partial charge in [-0.25, -0.2) is 9.59 Å². The summed E-state index contributed by atoms with van der Waals surface area (Å²) in [6.45, 7) is 8.47. The van der Waals surface area contributed by atoms with Gasteiger partial charge in [-0.05, 0) is 71.1 Å². The highest BCUT2D eigenvalue weighted by Crippen LogP contribution is 2.60. The molecular formula is C46H50N4O9Si. The van der Waals surface area contributed by atoms with E-state index in [1.807, 2.05) is 78.9 Å². The van der Waals surface area contributed by atoms with E-state index in [-0.39, 0.29) is 55.7 Å². The maximum Gasteiger partial charge on any atom is 0.414 e. The van der Waals surface area contributed by atoms with Gasteiger partial charge in [0.05, 0.1) is 65.7 Å². The van der Waals surface area contributed by atoms with Gasteiger partial charge in [0.25, 0.3) is 5.91 Å². The zero-order valence-electron chi connectivity index (χ0n) is 34.3. The number of benzene rings is 4. The summed E-state index contributed by atoms with van der Waals surface area (Å²) < 4.78 is 23.3. The van der Waals surface area contributed by atoms with E-state index in [0.717, 1.165) is 27.6 Å². The average Bonchev–Trinajstić information content (AvgIpc) is 4.02. The van der Waals surface area contributed by atoms with Crippen LogP contribution in [0.15, 0.2) is 91.0 Å². The fraction of sp³-hybridized carbons (Fsp3) is 0.391. The fourth-order valence-electron chi connectivity index (χ4n) is 10.4. The highest BCUT2D eigenvalue weighted by atomic mass is 28.3. The second-order valence-corrected chi connectivity index (χ2v) is 21.7. The highest BCUT2D eigenvalue weighted by molar-refractivity contribution is 6.91. The van der Waals surface area contributed by atoms with Crippen molar-refractivity contribution in [1.82, 2.24) is 4.90 Å². The van der Waals surface area contributed by atoms with Crippen molar-refractivity contribution in [1.29, 1.82) is 0 Å². The van der Waals surface area contributed by atoms with Crippen LogP contribution in [0.3, 0.4) is 0 Å². The molecule has 5 atom stereocenters. The van der Waals surface area contributed by atoms with Crippen LogP contribution in [0.1, 0.15) is 35.6 Å². The van der Waals surface area contributed by atoms with Gasteiger partial charge in [-0.1, -0.05) is 73.7 Å². The summed E-state index contributed by atoms with van der Waals surface area (Å²) in [5.41, 5.74) is 3.92. The van der Waals surface area contributed by atoms with Crippen molar-refractivity contribution < 1.29 is 43.2 Å². The number of aliphatic hydroxyl groups excluding tert-OH is 1. The lowest BCUT2D eigenvalue weighted by molar-refractivity contribution is -0.151. The topological polar surface area (TPSA) is 138 Å². The monoisotopic (exact) mass is 830 g/mol. The number of ether oxygens (including phenoxy) is 4. The Hall–Kier alpha value is -5.70. The molecule has 9 rings (SSSR count). The summed E-state index contributed by atoms with van der Waals surface area (Å²) in [6, 6.07) is 28.9. The molecule has 5 aliphatic heterocycles. The fourth-order valence-corrected chi connectivity index (χ4v) is 14.4. The van der Waals surface area contributed by atoms with E-state index < -0.39 is 31.8 Å². The molecule has 1 N–H and O–H groups in total. The molecule has 4 aromatic rings. The molecule has 0 radical (unpaired) electrons. The van der Waals surface area contributed by atoms with Crippen LogP contribution in [0.2, 0.25) is 18.6 Å². The zero-order valence-corrected chi connectivity index (χ0v) is 35.3. The SMILES string of the molecule is COc1ccc([Si](C)(C)[C@@H]2[C@@H](CC(=O)N3Cc4ccccc4C[C@H]3CO)O[C@]3(C(=O)N(Cc4ccc(N5CCOC5=O)cc4)c4ccc(N5CCOC5=O)cc43)[C@H]2C)cc1. The highest BCUT2D eigenvalue weighted by Gasteiger charge is 2.66. The normalized spacial score (nSPS) is 24.9. The number of fused-ring (bicyclic) bond motifs is 3. The second-order valence-electron chi connectivity index (χ2n) is 17.0. The number of cyclic esters (lactones) is 2. The molecule has 0 bridgehead atoms. The lowest BCUT2D eigenvalue weighted by Gasteiger charge is -2.39. The minimum atomic E-state index is -2.62. The molecular weight excluding hydrogens is 781 g/mol. The van der Waals surface area contributed by atoms with Gasteiger partial charge >= 0.3 is 12.2 Å². The largest absolute Gasteiger partial charge is 0.497 e. The van der Waals surface area contributed by atoms with Gasteiger partial charge in [0.15, 0.2) is 5.60 Å². The van der Waals surface area contributed by atoms with Crippen LogP contribution in [-0.2, 0) is 48.9 Å². The molecule has 5 aliphatic rings. The van der Waals surface area contributed by atoms with Crippen LogP contribution >= 0.6 is 0 Å². The first-order valence-corrected chi connectivity index (χ1v) is 23.8. The van der Waals surface area contributed by atoms with E-state index in [0.29, 0.717) is 55.3 Å². The Morgan fingerprint density at radius 1 is 0.867 bits per heavy atom. The first-order valence-electron chi connectivity index (χ1n) is 20.7. The minimum absolute atomic E-state index is 0.0170. The van der Waals surface area contributed by atoms with Crippen molar-refractivity contribution in [2.75, 3.05) is 54.7 Å². The number of hydrogen-bond acceptors (Lipinski definition) is 9. The van der Waals surface area contributed by atoms with Crippen LogP contribution in [-0.4, -0.2) is 94.2 Å². The summed E-state index contributed by atoms with van der Waals surface area (Å²) in [5, 5.41) is 11.7. The van der Waals surface area contributed by atoms with E-state index >= 15 is 4.79 Å². The minimum Gasteiger partial charge on any atom is -0.497 e. The Balaban J connectivity index is 1.12. The Kier molecular flexibility index (Phi) is 10.2. The first kappa shape index (κ1) is 39.7. The van der Waals surface area contributed by atoms with Crippen molar-refractivity contribution in [2.45, 2.75) is 69.2 Å². The molecule has 3 saturated heterocycles. The Morgan fingerprint density at radius 2 is 1.52 bits per heavy atom. The van der Waals surface area contributed by atoms with Crippen molar-refractivity contribution >= 4 is 54.3 Å². The number of hydrogen-bond donors (Lipinski definition) is 1. The van der Waals surface area contributed by atoms with Gasteiger partial charge < -0.3 is 33.9 Å². The van der Waals surface area contributed by atoms with Gasteiger partial charge in [0.1, 0.15) is 19.0 Å². The molecule has 0 saturated carbocycles. The van der Waals surface area contributed by atoms with E-state index in [1.54, 1.807) is 26.7 Å². The van der Waals surface area contributed by atoms with Crippen LogP contribution in [0.25, 0.3) is 0 Å². The molecule has 13 nitrogen and oxygen atoms in total. The Labute approximate surface area is 350 Å². The zero-order chi connectivity index (χ0) is 41.9. The summed E-state index contributed by atoms with van der Waals surface area (Å²) in [6.07, 6.45) is -0.943. The number of carbonyl (C=O) groups is 4. The van der Waals surface area contributed by atoms with Crippen molar-refractivity contribution in [3.8, 4) is 5.75 Å². The Morgan fingerprint density at radius 3 is 2.15 bits per heavy atom. The quantitative estimate of drug-likeness (QED) is 0.200. The first-order chi connectivity index (χ1) is 28.9. The molecule has 14 heteroatoms. The number of amides is 4. The molecule has 60 heavy (non-hydrogen) atoms. The van der Waals surface area contributed by atoms with E-state index in [9.17, 15) is 19.5 Å². The molecule has 4 aromatic carbocycles. The molecule has 0 aliphatic carbocycles. The van der Waals surface area contributed by atoms with Crippen LogP contribution in [0.5, 0.6) is 5.75 Å². The van der Waals surface area contributed by atoms with Gasteiger partial charge in [0, 0.05) is 29.4 Å². The molecule has 3 fully saturated rings. The smallest absolute Gasteiger partial charge is 0.414 e. The number of rotatable bonds is 10. The molecule has 5 heterocycles. The second kappa shape index (κ2) is 15.4. The maximum absolute atomic E-state index is 15.6. The molecule has 4 amide bonds. The van der Waals surface area contributed by atoms with Crippen LogP contribution in [0.4, 0.5) is 26.7 Å². The molecule has 0 aromatic heterocycles. The predicted octanol–water partition coefficient (Wildman–Crippen LogP) is 5.71. The van der Waals surface area contributed by atoms with E-state index in [4.69, 9.17) is 18.9 Å². The van der Waals surface area contributed by atoms with Crippen LogP contribution < -0.4 is 24.6 Å². The standard InChI is InChI=1S/C46H50N4O9Si/c1-29-42(60(3,4)37-16-14-36(56-2)15-17-37)40(25-41(52)49-27-32-8-6-5-7-31(32)23-35(49)28-51)59-46(29)38-24-34(48-20-22-58-45(48)55)13-18-39(38)50(43(46)53)26-30-9-11-33(12-10-30)47-19-21-57-44(47)54/h5-18,24,29,35,40,42,51H,19-23,25-28H2,1-4H3/t29-,35-,40+,42-,46+/m0/s1. The third kappa shape index (κ3) is 6.52. The van der Waals surface area contributed by atoms with Gasteiger partial charge in [0.2, 0.25) is 5.91 Å². The Bertz CT molecular complexity index is 2340. The van der Waals surface area contributed by atoms with Crippen LogP contribution in [0, 0.1) is 5.92 Å². The summed E-state index contributed by atoms with van der Waals surface area (Å²) in [5.74, 6) is -0.0477. The van der Waals surface area contributed by atoms with Crippen molar-refractivity contribution in [3.05, 3.63) is 113 Å². The average molecular weight is 831 g/mol. The third-order valence-electron chi connectivity index (χ3n) is 13.5. The molecule has 1 spiro atoms. The van der Waals surface area contributed by atoms with Gasteiger partial charge in [-0.15, -0.1) is 0 Å². The number of aliphatic hydroxyl groups is 1. The third-order valence-corrected chi connectivity index (χ3v) is 17.9. The number of carbonyl (C=O) groups excluding carboxylic acids is 4. The predicted molar refractivity (Wildman–Crippen MR) is 227 cm³/mol. The number of anilines is 3. The van der Waals surface area contributed by atoms with E-state index in [2.05, 4.69) is 32.2 Å². The lowest BCUT2D eigenvalue weighted by Crippen LogP contribution is -2.52. The van der Waals surface area contributed by atoms with E-state index in [1.165, 1.54) is 0 Å². The molecule has 0 unspecified atom stereocenters. The number of methoxy groups -OCH3 is 1. The van der Waals surface area contributed by atoms with Gasteiger partial charge in [-0.2, -0.15) is 0 Å². The maximum atomic E-state index is 15.6. The number of nitrogens with zero attached hydrogens (tertiary/aromatic N) is 4. The summed E-state index contributed by atoms with van der Waals surface area (Å²) >= 11 is 0. The van der Waals surface area contributed by atoms with Crippen molar-refractivity contribution in [2.24, 2.45) is 5.92 Å². The van der Waals surface area contributed by atoms with Crippen molar-refractivity contribution in [3.63, 3.8) is 0 Å².